The van der Waals surface area contributed by atoms with Crippen molar-refractivity contribution >= 4 is 16.7 Å². The molecule has 0 amide bonds. The number of nitrogens with one attached hydrogen (secondary N) is 1. The smallest absolute Gasteiger partial charge is 0.129 e. The lowest BCUT2D eigenvalue weighted by atomic mass is 10.0. The van der Waals surface area contributed by atoms with Crippen LogP contribution in [-0.2, 0) is 0 Å². The van der Waals surface area contributed by atoms with Gasteiger partial charge in [-0.2, -0.15) is 0 Å². The van der Waals surface area contributed by atoms with E-state index in [2.05, 4.69) is 43.4 Å². The molecule has 0 spiro atoms. The SMILES string of the molecule is CCC1(CNc2nc3ccccc3cc2C)CC1. The summed E-state index contributed by atoms with van der Waals surface area (Å²) >= 11 is 0. The van der Waals surface area contributed by atoms with Crippen LogP contribution in [0.2, 0.25) is 0 Å². The standard InChI is InChI=1S/C16H20N2/c1-3-16(8-9-16)11-17-15-12(2)10-13-6-4-5-7-14(13)18-15/h4-7,10H,3,8-9,11H2,1-2H3,(H,17,18). The molecule has 1 aromatic carbocycles. The molecule has 94 valence electrons. The summed E-state index contributed by atoms with van der Waals surface area (Å²) in [4.78, 5) is 4.73. The Morgan fingerprint density at radius 2 is 2.06 bits per heavy atom. The maximum Gasteiger partial charge on any atom is 0.129 e. The second-order valence-corrected chi connectivity index (χ2v) is 5.55. The van der Waals surface area contributed by atoms with E-state index in [1.807, 2.05) is 6.07 Å². The van der Waals surface area contributed by atoms with Gasteiger partial charge in [0.15, 0.2) is 0 Å². The van der Waals surface area contributed by atoms with E-state index in [0.717, 1.165) is 17.9 Å². The molecule has 0 radical (unpaired) electrons. The zero-order valence-electron chi connectivity index (χ0n) is 11.2. The van der Waals surface area contributed by atoms with Gasteiger partial charge < -0.3 is 5.32 Å². The van der Waals surface area contributed by atoms with Crippen molar-refractivity contribution in [2.45, 2.75) is 33.1 Å². The van der Waals surface area contributed by atoms with Gasteiger partial charge in [0.1, 0.15) is 5.82 Å². The van der Waals surface area contributed by atoms with Gasteiger partial charge in [-0.3, -0.25) is 0 Å². The second kappa shape index (κ2) is 4.27. The van der Waals surface area contributed by atoms with Crippen LogP contribution >= 0.6 is 0 Å². The summed E-state index contributed by atoms with van der Waals surface area (Å²) in [6, 6.07) is 10.5. The average molecular weight is 240 g/mol. The molecular weight excluding hydrogens is 220 g/mol. The first-order valence-corrected chi connectivity index (χ1v) is 6.83. The highest BCUT2D eigenvalue weighted by molar-refractivity contribution is 5.81. The number of pyridine rings is 1. The largest absolute Gasteiger partial charge is 0.369 e. The Balaban J connectivity index is 1.85. The quantitative estimate of drug-likeness (QED) is 0.868. The van der Waals surface area contributed by atoms with Gasteiger partial charge in [0.05, 0.1) is 5.52 Å². The Bertz CT molecular complexity index is 570. The fourth-order valence-electron chi connectivity index (χ4n) is 2.50. The van der Waals surface area contributed by atoms with Crippen molar-refractivity contribution < 1.29 is 0 Å². The minimum atomic E-state index is 0.555. The van der Waals surface area contributed by atoms with Gasteiger partial charge in [-0.15, -0.1) is 0 Å². The zero-order chi connectivity index (χ0) is 12.6. The Morgan fingerprint density at radius 1 is 1.28 bits per heavy atom. The molecule has 1 aromatic heterocycles. The van der Waals surface area contributed by atoms with Crippen LogP contribution in [0.1, 0.15) is 31.7 Å². The summed E-state index contributed by atoms with van der Waals surface area (Å²) in [6.07, 6.45) is 4.00. The summed E-state index contributed by atoms with van der Waals surface area (Å²) in [7, 11) is 0. The normalized spacial score (nSPS) is 16.8. The van der Waals surface area contributed by atoms with Gasteiger partial charge in [0.2, 0.25) is 0 Å². The first-order valence-electron chi connectivity index (χ1n) is 6.83. The summed E-state index contributed by atoms with van der Waals surface area (Å²) < 4.78 is 0. The summed E-state index contributed by atoms with van der Waals surface area (Å²) in [5.74, 6) is 1.05. The van der Waals surface area contributed by atoms with Gasteiger partial charge in [0.25, 0.3) is 0 Å². The molecular formula is C16H20N2. The van der Waals surface area contributed by atoms with Crippen LogP contribution in [0.15, 0.2) is 30.3 Å². The average Bonchev–Trinajstić information content (AvgIpc) is 3.17. The molecule has 1 saturated carbocycles. The van der Waals surface area contributed by atoms with Gasteiger partial charge in [0, 0.05) is 11.9 Å². The van der Waals surface area contributed by atoms with E-state index in [-0.39, 0.29) is 0 Å². The molecule has 0 aliphatic heterocycles. The van der Waals surface area contributed by atoms with Gasteiger partial charge in [-0.05, 0) is 49.3 Å². The molecule has 0 atom stereocenters. The van der Waals surface area contributed by atoms with Crippen LogP contribution in [0.3, 0.4) is 0 Å². The number of hydrogen-bond acceptors (Lipinski definition) is 2. The molecule has 3 rings (SSSR count). The number of nitrogens with zero attached hydrogens (tertiary/aromatic N) is 1. The lowest BCUT2D eigenvalue weighted by molar-refractivity contribution is 0.520. The summed E-state index contributed by atoms with van der Waals surface area (Å²) in [6.45, 7) is 5.48. The van der Waals surface area contributed by atoms with Crippen LogP contribution in [0.25, 0.3) is 10.9 Å². The van der Waals surface area contributed by atoms with E-state index in [9.17, 15) is 0 Å². The Hall–Kier alpha value is -1.57. The third kappa shape index (κ3) is 2.07. The topological polar surface area (TPSA) is 24.9 Å². The molecule has 1 aliphatic carbocycles. The van der Waals surface area contributed by atoms with Gasteiger partial charge in [-0.25, -0.2) is 4.98 Å². The van der Waals surface area contributed by atoms with E-state index >= 15 is 0 Å². The lowest BCUT2D eigenvalue weighted by Crippen LogP contribution is -2.15. The minimum absolute atomic E-state index is 0.555. The van der Waals surface area contributed by atoms with E-state index in [1.165, 1.54) is 30.2 Å². The highest BCUT2D eigenvalue weighted by atomic mass is 15.0. The third-order valence-electron chi connectivity index (χ3n) is 4.25. The van der Waals surface area contributed by atoms with Crippen molar-refractivity contribution in [2.75, 3.05) is 11.9 Å². The maximum atomic E-state index is 4.73. The molecule has 0 unspecified atom stereocenters. The summed E-state index contributed by atoms with van der Waals surface area (Å²) in [5, 5.41) is 4.77. The zero-order valence-corrected chi connectivity index (χ0v) is 11.2. The minimum Gasteiger partial charge on any atom is -0.369 e. The Labute approximate surface area is 108 Å². The maximum absolute atomic E-state index is 4.73. The number of hydrogen-bond donors (Lipinski definition) is 1. The third-order valence-corrected chi connectivity index (χ3v) is 4.25. The molecule has 1 N–H and O–H groups in total. The van der Waals surface area contributed by atoms with Gasteiger partial charge in [-0.1, -0.05) is 25.1 Å². The van der Waals surface area contributed by atoms with E-state index in [1.54, 1.807) is 0 Å². The number of anilines is 1. The van der Waals surface area contributed by atoms with Crippen molar-refractivity contribution in [3.63, 3.8) is 0 Å². The Morgan fingerprint density at radius 3 is 2.78 bits per heavy atom. The first-order chi connectivity index (χ1) is 8.72. The monoisotopic (exact) mass is 240 g/mol. The van der Waals surface area contributed by atoms with Crippen LogP contribution in [0.4, 0.5) is 5.82 Å². The number of benzene rings is 1. The molecule has 2 aromatic rings. The van der Waals surface area contributed by atoms with E-state index < -0.39 is 0 Å². The van der Waals surface area contributed by atoms with E-state index in [4.69, 9.17) is 4.98 Å². The van der Waals surface area contributed by atoms with Gasteiger partial charge >= 0.3 is 0 Å². The molecule has 1 aliphatic rings. The van der Waals surface area contributed by atoms with Crippen molar-refractivity contribution in [2.24, 2.45) is 5.41 Å². The number of para-hydroxylation sites is 1. The lowest BCUT2D eigenvalue weighted by Gasteiger charge is -2.15. The Kier molecular flexibility index (Phi) is 2.73. The molecule has 2 nitrogen and oxygen atoms in total. The number of aryl methyl sites for hydroxylation is 1. The molecule has 1 fully saturated rings. The van der Waals surface area contributed by atoms with Crippen LogP contribution in [0.5, 0.6) is 0 Å². The second-order valence-electron chi connectivity index (χ2n) is 5.55. The van der Waals surface area contributed by atoms with Crippen LogP contribution in [0, 0.1) is 12.3 Å². The number of aromatic nitrogens is 1. The van der Waals surface area contributed by atoms with Crippen molar-refractivity contribution in [1.29, 1.82) is 0 Å². The molecule has 2 heteroatoms. The van der Waals surface area contributed by atoms with Crippen molar-refractivity contribution in [3.8, 4) is 0 Å². The van der Waals surface area contributed by atoms with Crippen LogP contribution < -0.4 is 5.32 Å². The fraction of sp³-hybridized carbons (Fsp3) is 0.438. The molecule has 0 saturated heterocycles. The predicted octanol–water partition coefficient (Wildman–Crippen LogP) is 4.15. The van der Waals surface area contributed by atoms with Crippen LogP contribution in [-0.4, -0.2) is 11.5 Å². The van der Waals surface area contributed by atoms with E-state index in [0.29, 0.717) is 5.41 Å². The van der Waals surface area contributed by atoms with Crippen molar-refractivity contribution in [1.82, 2.24) is 4.98 Å². The fourth-order valence-corrected chi connectivity index (χ4v) is 2.50. The number of rotatable bonds is 4. The number of fused-ring (bicyclic) bond motifs is 1. The molecule has 1 heterocycles. The highest BCUT2D eigenvalue weighted by Gasteiger charge is 2.40. The highest BCUT2D eigenvalue weighted by Crippen LogP contribution is 2.48. The first kappa shape index (κ1) is 11.5. The predicted molar refractivity (Wildman–Crippen MR) is 76.9 cm³/mol. The summed E-state index contributed by atoms with van der Waals surface area (Å²) in [5.41, 5.74) is 2.87. The molecule has 0 bridgehead atoms. The molecule has 18 heavy (non-hydrogen) atoms. The van der Waals surface area contributed by atoms with Crippen molar-refractivity contribution in [3.05, 3.63) is 35.9 Å².